The smallest absolute Gasteiger partial charge is 0.410 e. The third-order valence-electron chi connectivity index (χ3n) is 6.23. The number of nitrogens with zero attached hydrogens (tertiary/aromatic N) is 5. The molecule has 5 rings (SSSR count). The molecule has 1 amide bonds. The Hall–Kier alpha value is -3.17. The lowest BCUT2D eigenvalue weighted by atomic mass is 9.91. The van der Waals surface area contributed by atoms with Crippen LogP contribution in [0.25, 0.3) is 22.4 Å². The van der Waals surface area contributed by atoms with Crippen molar-refractivity contribution in [1.82, 2.24) is 24.4 Å². The van der Waals surface area contributed by atoms with Gasteiger partial charge in [-0.25, -0.2) is 23.5 Å². The number of rotatable bonds is 3. The molecule has 1 saturated carbocycles. The minimum Gasteiger partial charge on any atom is -0.440 e. The fraction of sp³-hybridized carbons (Fsp3) is 0.476. The number of ether oxygens (including phenoxy) is 1. The molecule has 0 aromatic carbocycles. The van der Waals surface area contributed by atoms with Gasteiger partial charge in [0.25, 0.3) is 5.92 Å². The average molecular weight is 430 g/mol. The number of amides is 1. The van der Waals surface area contributed by atoms with Gasteiger partial charge in [0.05, 0.1) is 5.69 Å². The van der Waals surface area contributed by atoms with Crippen molar-refractivity contribution in [2.24, 2.45) is 7.05 Å². The minimum absolute atomic E-state index is 0.215. The Labute approximate surface area is 177 Å². The van der Waals surface area contributed by atoms with E-state index >= 15 is 0 Å². The van der Waals surface area contributed by atoms with Gasteiger partial charge in [-0.3, -0.25) is 0 Å². The lowest BCUT2D eigenvalue weighted by Gasteiger charge is -2.39. The number of carbonyl (C=O) groups excluding carboxylic acids is 1. The maximum Gasteiger partial charge on any atom is 0.410 e. The highest BCUT2D eigenvalue weighted by molar-refractivity contribution is 5.93. The van der Waals surface area contributed by atoms with E-state index in [4.69, 9.17) is 4.74 Å². The third kappa shape index (κ3) is 3.49. The second-order valence-corrected chi connectivity index (χ2v) is 8.21. The Morgan fingerprint density at radius 3 is 2.68 bits per heavy atom. The number of hydrogen-bond donors (Lipinski definition) is 1. The number of alkyl halides is 2. The summed E-state index contributed by atoms with van der Waals surface area (Å²) in [5.74, 6) is -1.97. The SMILES string of the molecule is Cc1nc(-c2cc3c(N4CCN(C(=O)O[C@H]5CCC5(F)F)CC4)ccnc3[nH]2)cn1C. The molecule has 0 bridgehead atoms. The lowest BCUT2D eigenvalue weighted by Crippen LogP contribution is -2.53. The largest absolute Gasteiger partial charge is 0.440 e. The molecular weight excluding hydrogens is 406 g/mol. The first-order valence-electron chi connectivity index (χ1n) is 10.4. The molecule has 2 fully saturated rings. The Morgan fingerprint density at radius 1 is 1.29 bits per heavy atom. The number of aromatic amines is 1. The average Bonchev–Trinajstić information content (AvgIpc) is 3.34. The van der Waals surface area contributed by atoms with Gasteiger partial charge in [-0.05, 0) is 25.5 Å². The molecule has 3 aromatic heterocycles. The van der Waals surface area contributed by atoms with Crippen LogP contribution < -0.4 is 4.90 Å². The number of aryl methyl sites for hydroxylation is 2. The van der Waals surface area contributed by atoms with Crippen LogP contribution >= 0.6 is 0 Å². The summed E-state index contributed by atoms with van der Waals surface area (Å²) in [6, 6.07) is 3.99. The molecule has 1 aliphatic carbocycles. The quantitative estimate of drug-likeness (QED) is 0.690. The van der Waals surface area contributed by atoms with Gasteiger partial charge in [0.2, 0.25) is 0 Å². The number of imidazole rings is 1. The number of hydrogen-bond acceptors (Lipinski definition) is 5. The van der Waals surface area contributed by atoms with Crippen LogP contribution in [-0.4, -0.2) is 68.7 Å². The summed E-state index contributed by atoms with van der Waals surface area (Å²) in [6.07, 6.45) is 1.79. The van der Waals surface area contributed by atoms with Crippen molar-refractivity contribution in [3.05, 3.63) is 30.4 Å². The van der Waals surface area contributed by atoms with Crippen LogP contribution in [0, 0.1) is 6.92 Å². The van der Waals surface area contributed by atoms with Crippen molar-refractivity contribution < 1.29 is 18.3 Å². The summed E-state index contributed by atoms with van der Waals surface area (Å²) in [4.78, 5) is 28.3. The monoisotopic (exact) mass is 430 g/mol. The molecule has 3 aromatic rings. The molecular formula is C21H24F2N6O2. The van der Waals surface area contributed by atoms with Gasteiger partial charge >= 0.3 is 6.09 Å². The summed E-state index contributed by atoms with van der Waals surface area (Å²) in [6.45, 7) is 3.94. The van der Waals surface area contributed by atoms with Crippen LogP contribution in [0.1, 0.15) is 18.7 Å². The highest BCUT2D eigenvalue weighted by Gasteiger charge is 2.51. The van der Waals surface area contributed by atoms with Crippen LogP contribution in [-0.2, 0) is 11.8 Å². The Kier molecular flexibility index (Phi) is 4.60. The van der Waals surface area contributed by atoms with Gasteiger partial charge in [-0.15, -0.1) is 0 Å². The summed E-state index contributed by atoms with van der Waals surface area (Å²) >= 11 is 0. The molecule has 2 aliphatic rings. The number of nitrogens with one attached hydrogen (secondary N) is 1. The van der Waals surface area contributed by atoms with Crippen molar-refractivity contribution in [1.29, 1.82) is 0 Å². The second kappa shape index (κ2) is 7.21. The van der Waals surface area contributed by atoms with Gasteiger partial charge in [-0.2, -0.15) is 0 Å². The zero-order chi connectivity index (χ0) is 21.8. The lowest BCUT2D eigenvalue weighted by molar-refractivity contribution is -0.179. The van der Waals surface area contributed by atoms with E-state index in [0.717, 1.165) is 33.9 Å². The highest BCUT2D eigenvalue weighted by Crippen LogP contribution is 2.40. The van der Waals surface area contributed by atoms with Gasteiger partial charge in [0.15, 0.2) is 6.10 Å². The van der Waals surface area contributed by atoms with Crippen LogP contribution in [0.3, 0.4) is 0 Å². The Balaban J connectivity index is 1.30. The summed E-state index contributed by atoms with van der Waals surface area (Å²) in [7, 11) is 1.95. The zero-order valence-corrected chi connectivity index (χ0v) is 17.4. The zero-order valence-electron chi connectivity index (χ0n) is 17.4. The minimum atomic E-state index is -2.89. The first-order valence-corrected chi connectivity index (χ1v) is 10.4. The number of aromatic nitrogens is 4. The van der Waals surface area contributed by atoms with E-state index in [9.17, 15) is 13.6 Å². The van der Waals surface area contributed by atoms with Crippen molar-refractivity contribution in [2.45, 2.75) is 31.8 Å². The first-order chi connectivity index (χ1) is 14.8. The fourth-order valence-electron chi connectivity index (χ4n) is 4.07. The Bertz CT molecular complexity index is 1110. The summed E-state index contributed by atoms with van der Waals surface area (Å²) < 4.78 is 33.8. The molecule has 8 nitrogen and oxygen atoms in total. The van der Waals surface area contributed by atoms with E-state index in [0.29, 0.717) is 26.2 Å². The third-order valence-corrected chi connectivity index (χ3v) is 6.23. The molecule has 1 saturated heterocycles. The van der Waals surface area contributed by atoms with E-state index in [1.807, 2.05) is 36.9 Å². The number of piperazine rings is 1. The molecule has 0 radical (unpaired) electrons. The normalized spacial score (nSPS) is 20.7. The van der Waals surface area contributed by atoms with Crippen molar-refractivity contribution >= 4 is 22.8 Å². The van der Waals surface area contributed by atoms with Crippen LogP contribution in [0.5, 0.6) is 0 Å². The van der Waals surface area contributed by atoms with Crippen LogP contribution in [0.15, 0.2) is 24.5 Å². The number of H-pyrrole nitrogens is 1. The number of fused-ring (bicyclic) bond motifs is 1. The van der Waals surface area contributed by atoms with Gasteiger partial charge in [-0.1, -0.05) is 0 Å². The standard InChI is InChI=1S/C21H24F2N6O2/c1-13-25-16(12-27(13)2)15-11-14-17(4-6-24-19(14)26-15)28-7-9-29(10-8-28)20(30)31-18-3-5-21(18,22)23/h4,6,11-12,18H,3,5,7-10H2,1-2H3,(H,24,26)/t18-/m0/s1. The van der Waals surface area contributed by atoms with E-state index < -0.39 is 18.1 Å². The molecule has 10 heteroatoms. The predicted octanol–water partition coefficient (Wildman–Crippen LogP) is 3.33. The first kappa shape index (κ1) is 19.8. The van der Waals surface area contributed by atoms with E-state index in [1.165, 1.54) is 4.90 Å². The summed E-state index contributed by atoms with van der Waals surface area (Å²) in [5, 5.41) is 0.978. The highest BCUT2D eigenvalue weighted by atomic mass is 19.3. The van der Waals surface area contributed by atoms with Gasteiger partial charge in [0, 0.05) is 63.1 Å². The fourth-order valence-corrected chi connectivity index (χ4v) is 4.07. The second-order valence-electron chi connectivity index (χ2n) is 8.21. The maximum absolute atomic E-state index is 13.4. The molecule has 0 unspecified atom stereocenters. The van der Waals surface area contributed by atoms with Crippen molar-refractivity contribution in [3.8, 4) is 11.4 Å². The number of pyridine rings is 1. The van der Waals surface area contributed by atoms with E-state index in [2.05, 4.69) is 19.9 Å². The molecule has 164 valence electrons. The molecule has 1 atom stereocenters. The number of carbonyl (C=O) groups is 1. The van der Waals surface area contributed by atoms with Crippen molar-refractivity contribution in [2.75, 3.05) is 31.1 Å². The van der Waals surface area contributed by atoms with E-state index in [-0.39, 0.29) is 12.8 Å². The van der Waals surface area contributed by atoms with Gasteiger partial charge < -0.3 is 24.1 Å². The number of halogens is 2. The molecule has 1 aliphatic heterocycles. The summed E-state index contributed by atoms with van der Waals surface area (Å²) in [5.41, 5.74) is 3.52. The predicted molar refractivity (Wildman–Crippen MR) is 111 cm³/mol. The molecule has 0 spiro atoms. The Morgan fingerprint density at radius 2 is 2.06 bits per heavy atom. The topological polar surface area (TPSA) is 79.3 Å². The molecule has 31 heavy (non-hydrogen) atoms. The number of anilines is 1. The van der Waals surface area contributed by atoms with Crippen molar-refractivity contribution in [3.63, 3.8) is 0 Å². The molecule has 1 N–H and O–H groups in total. The van der Waals surface area contributed by atoms with Crippen LogP contribution in [0.4, 0.5) is 19.3 Å². The van der Waals surface area contributed by atoms with Gasteiger partial charge in [0.1, 0.15) is 17.2 Å². The maximum atomic E-state index is 13.4. The van der Waals surface area contributed by atoms with E-state index in [1.54, 1.807) is 6.20 Å². The molecule has 4 heterocycles. The van der Waals surface area contributed by atoms with Crippen LogP contribution in [0.2, 0.25) is 0 Å².